The van der Waals surface area contributed by atoms with E-state index in [1.807, 2.05) is 31.5 Å². The number of nitrogens with one attached hydrogen (secondary N) is 1. The Morgan fingerprint density at radius 3 is 2.73 bits per heavy atom. The highest BCUT2D eigenvalue weighted by Gasteiger charge is 2.28. The first-order valence-corrected chi connectivity index (χ1v) is 11.2. The van der Waals surface area contributed by atoms with Gasteiger partial charge in [0.1, 0.15) is 11.3 Å². The molecular formula is C23H23N5OS. The van der Waals surface area contributed by atoms with Crippen molar-refractivity contribution < 1.29 is 4.79 Å². The summed E-state index contributed by atoms with van der Waals surface area (Å²) in [7, 11) is 0. The maximum absolute atomic E-state index is 11.7. The van der Waals surface area contributed by atoms with Gasteiger partial charge in [0, 0.05) is 29.6 Å². The summed E-state index contributed by atoms with van der Waals surface area (Å²) < 4.78 is 3.35. The fraction of sp³-hybridized carbons (Fsp3) is 0.304. The van der Waals surface area contributed by atoms with E-state index in [2.05, 4.69) is 50.4 Å². The number of aromatic nitrogens is 4. The first-order chi connectivity index (χ1) is 14.7. The lowest BCUT2D eigenvalue weighted by atomic mass is 10.1. The molecule has 4 aromatic rings. The highest BCUT2D eigenvalue weighted by Crippen LogP contribution is 2.34. The molecule has 6 nitrogen and oxygen atoms in total. The molecule has 2 aromatic heterocycles. The molecule has 2 aromatic carbocycles. The maximum atomic E-state index is 11.7. The van der Waals surface area contributed by atoms with Gasteiger partial charge in [-0.1, -0.05) is 43.3 Å². The van der Waals surface area contributed by atoms with Crippen LogP contribution in [0.5, 0.6) is 0 Å². The highest BCUT2D eigenvalue weighted by atomic mass is 32.1. The Morgan fingerprint density at radius 2 is 1.93 bits per heavy atom. The molecule has 2 atom stereocenters. The van der Waals surface area contributed by atoms with Crippen LogP contribution in [0.4, 0.5) is 0 Å². The van der Waals surface area contributed by atoms with Crippen LogP contribution >= 0.6 is 11.3 Å². The van der Waals surface area contributed by atoms with E-state index in [1.165, 1.54) is 4.70 Å². The van der Waals surface area contributed by atoms with E-state index in [9.17, 15) is 4.79 Å². The summed E-state index contributed by atoms with van der Waals surface area (Å²) in [6, 6.07) is 17.1. The van der Waals surface area contributed by atoms with Crippen molar-refractivity contribution in [2.75, 3.05) is 0 Å². The van der Waals surface area contributed by atoms with Crippen LogP contribution in [0.3, 0.4) is 0 Å². The molecule has 1 amide bonds. The van der Waals surface area contributed by atoms with Crippen molar-refractivity contribution in [3.63, 3.8) is 0 Å². The minimum atomic E-state index is 0.120. The van der Waals surface area contributed by atoms with Crippen molar-refractivity contribution >= 4 is 27.5 Å². The molecule has 1 saturated carbocycles. The molecule has 5 rings (SSSR count). The SMILES string of the molecule is CCC(=O)N[C@H]1CC[C@@H](n2cnnc2-c2ccc(-c3nc4ccccc4s3)cc2)C1. The number of rotatable bonds is 5. The summed E-state index contributed by atoms with van der Waals surface area (Å²) in [6.07, 6.45) is 5.26. The summed E-state index contributed by atoms with van der Waals surface area (Å²) in [5.74, 6) is 0.994. The normalized spacial score (nSPS) is 18.7. The molecule has 1 N–H and O–H groups in total. The molecule has 0 spiro atoms. The zero-order valence-corrected chi connectivity index (χ0v) is 17.6. The predicted molar refractivity (Wildman–Crippen MR) is 119 cm³/mol. The van der Waals surface area contributed by atoms with Crippen molar-refractivity contribution in [3.05, 3.63) is 54.9 Å². The Bertz CT molecular complexity index is 1150. The van der Waals surface area contributed by atoms with Crippen LogP contribution in [0.1, 0.15) is 38.6 Å². The zero-order chi connectivity index (χ0) is 20.5. The maximum Gasteiger partial charge on any atom is 0.219 e. The van der Waals surface area contributed by atoms with E-state index in [4.69, 9.17) is 4.98 Å². The van der Waals surface area contributed by atoms with Gasteiger partial charge in [0.25, 0.3) is 0 Å². The number of fused-ring (bicyclic) bond motifs is 1. The molecular weight excluding hydrogens is 394 g/mol. The van der Waals surface area contributed by atoms with E-state index in [0.717, 1.165) is 46.7 Å². The Balaban J connectivity index is 1.36. The van der Waals surface area contributed by atoms with Gasteiger partial charge >= 0.3 is 0 Å². The molecule has 7 heteroatoms. The Hall–Kier alpha value is -3.06. The number of hydrogen-bond donors (Lipinski definition) is 1. The highest BCUT2D eigenvalue weighted by molar-refractivity contribution is 7.21. The second kappa shape index (κ2) is 7.99. The molecule has 152 valence electrons. The molecule has 1 fully saturated rings. The minimum Gasteiger partial charge on any atom is -0.353 e. The van der Waals surface area contributed by atoms with Crippen LogP contribution in [0, 0.1) is 0 Å². The van der Waals surface area contributed by atoms with Gasteiger partial charge in [0.2, 0.25) is 5.91 Å². The van der Waals surface area contributed by atoms with E-state index in [-0.39, 0.29) is 11.9 Å². The standard InChI is InChI=1S/C23H23N5OS/c1-2-21(29)25-17-11-12-18(13-17)28-14-24-27-22(28)15-7-9-16(10-8-15)23-26-19-5-3-4-6-20(19)30-23/h3-10,14,17-18H,2,11-13H2,1H3,(H,25,29)/t17-,18+/m0/s1. The van der Waals surface area contributed by atoms with Crippen LogP contribution in [-0.4, -0.2) is 31.7 Å². The predicted octanol–water partition coefficient (Wildman–Crippen LogP) is 4.84. The molecule has 0 saturated heterocycles. The lowest BCUT2D eigenvalue weighted by molar-refractivity contribution is -0.121. The molecule has 0 bridgehead atoms. The second-order valence-corrected chi connectivity index (χ2v) is 8.74. The van der Waals surface area contributed by atoms with Gasteiger partial charge in [0.15, 0.2) is 5.82 Å². The molecule has 1 aliphatic carbocycles. The van der Waals surface area contributed by atoms with Gasteiger partial charge < -0.3 is 9.88 Å². The molecule has 0 radical (unpaired) electrons. The number of nitrogens with zero attached hydrogens (tertiary/aromatic N) is 4. The molecule has 2 heterocycles. The van der Waals surface area contributed by atoms with Gasteiger partial charge in [-0.15, -0.1) is 21.5 Å². The Morgan fingerprint density at radius 1 is 1.13 bits per heavy atom. The number of para-hydroxylation sites is 1. The molecule has 0 aliphatic heterocycles. The number of amides is 1. The lowest BCUT2D eigenvalue weighted by Gasteiger charge is -2.16. The zero-order valence-electron chi connectivity index (χ0n) is 16.8. The van der Waals surface area contributed by atoms with Crippen LogP contribution in [0.25, 0.3) is 32.2 Å². The first kappa shape index (κ1) is 18.9. The van der Waals surface area contributed by atoms with Gasteiger partial charge in [0.05, 0.1) is 10.2 Å². The largest absolute Gasteiger partial charge is 0.353 e. The van der Waals surface area contributed by atoms with Crippen molar-refractivity contribution in [2.45, 2.75) is 44.7 Å². The Kier molecular flexibility index (Phi) is 5.04. The van der Waals surface area contributed by atoms with Gasteiger partial charge in [-0.05, 0) is 31.4 Å². The van der Waals surface area contributed by atoms with Crippen LogP contribution in [-0.2, 0) is 4.79 Å². The third-order valence-corrected chi connectivity index (χ3v) is 6.83. The lowest BCUT2D eigenvalue weighted by Crippen LogP contribution is -2.32. The van der Waals surface area contributed by atoms with Gasteiger partial charge in [-0.2, -0.15) is 0 Å². The molecule has 0 unspecified atom stereocenters. The average molecular weight is 418 g/mol. The van der Waals surface area contributed by atoms with E-state index >= 15 is 0 Å². The molecule has 30 heavy (non-hydrogen) atoms. The third-order valence-electron chi connectivity index (χ3n) is 5.74. The topological polar surface area (TPSA) is 72.7 Å². The smallest absolute Gasteiger partial charge is 0.219 e. The van der Waals surface area contributed by atoms with Crippen molar-refractivity contribution in [2.24, 2.45) is 0 Å². The van der Waals surface area contributed by atoms with Gasteiger partial charge in [-0.3, -0.25) is 4.79 Å². The van der Waals surface area contributed by atoms with E-state index < -0.39 is 0 Å². The fourth-order valence-electron chi connectivity index (χ4n) is 4.15. The quantitative estimate of drug-likeness (QED) is 0.504. The number of thiazole rings is 1. The van der Waals surface area contributed by atoms with Crippen LogP contribution in [0.15, 0.2) is 54.9 Å². The summed E-state index contributed by atoms with van der Waals surface area (Å²) >= 11 is 1.71. The minimum absolute atomic E-state index is 0.120. The van der Waals surface area contributed by atoms with E-state index in [0.29, 0.717) is 12.5 Å². The van der Waals surface area contributed by atoms with Crippen molar-refractivity contribution in [1.82, 2.24) is 25.1 Å². The molecule has 1 aliphatic rings. The third kappa shape index (κ3) is 3.61. The fourth-order valence-corrected chi connectivity index (χ4v) is 5.12. The summed E-state index contributed by atoms with van der Waals surface area (Å²) in [4.78, 5) is 16.5. The van der Waals surface area contributed by atoms with Crippen LogP contribution in [0.2, 0.25) is 0 Å². The van der Waals surface area contributed by atoms with Gasteiger partial charge in [-0.25, -0.2) is 4.98 Å². The monoisotopic (exact) mass is 417 g/mol. The number of carbonyl (C=O) groups is 1. The summed E-state index contributed by atoms with van der Waals surface area (Å²) in [5, 5.41) is 12.7. The van der Waals surface area contributed by atoms with Crippen molar-refractivity contribution in [1.29, 1.82) is 0 Å². The number of benzene rings is 2. The Labute approximate surface area is 179 Å². The van der Waals surface area contributed by atoms with E-state index in [1.54, 1.807) is 11.3 Å². The summed E-state index contributed by atoms with van der Waals surface area (Å²) in [5.41, 5.74) is 3.18. The first-order valence-electron chi connectivity index (χ1n) is 10.4. The number of hydrogen-bond acceptors (Lipinski definition) is 5. The second-order valence-electron chi connectivity index (χ2n) is 7.71. The van der Waals surface area contributed by atoms with Crippen molar-refractivity contribution in [3.8, 4) is 22.0 Å². The van der Waals surface area contributed by atoms with Crippen LogP contribution < -0.4 is 5.32 Å². The summed E-state index contributed by atoms with van der Waals surface area (Å²) in [6.45, 7) is 1.89. The number of carbonyl (C=O) groups excluding carboxylic acids is 1. The average Bonchev–Trinajstić information content (AvgIpc) is 3.52.